The van der Waals surface area contributed by atoms with Gasteiger partial charge < -0.3 is 9.90 Å². The van der Waals surface area contributed by atoms with Gasteiger partial charge >= 0.3 is 0 Å². The molecule has 1 aromatic carbocycles. The monoisotopic (exact) mass is 318 g/mol. The number of hydrogen-bond donors (Lipinski definition) is 0. The molecule has 0 N–H and O–H groups in total. The van der Waals surface area contributed by atoms with Gasteiger partial charge in [-0.25, -0.2) is 0 Å². The lowest BCUT2D eigenvalue weighted by molar-refractivity contribution is -0.305. The molecule has 108 valence electrons. The first-order valence-electron chi connectivity index (χ1n) is 6.16. The Labute approximate surface area is 132 Å². The summed E-state index contributed by atoms with van der Waals surface area (Å²) in [6.07, 6.45) is 3.65. The van der Waals surface area contributed by atoms with Crippen LogP contribution in [0.1, 0.15) is 12.5 Å². The van der Waals surface area contributed by atoms with Crippen LogP contribution in [0.15, 0.2) is 46.9 Å². The molecular weight excluding hydrogens is 306 g/mol. The molecule has 1 aliphatic heterocycles. The molecule has 1 amide bonds. The van der Waals surface area contributed by atoms with Crippen LogP contribution in [-0.4, -0.2) is 27.6 Å². The van der Waals surface area contributed by atoms with Crippen molar-refractivity contribution in [3.8, 4) is 0 Å². The minimum atomic E-state index is -1.33. The molecule has 0 unspecified atom stereocenters. The first kappa shape index (κ1) is 15.5. The molecule has 1 heterocycles. The number of benzene rings is 1. The van der Waals surface area contributed by atoms with Crippen LogP contribution in [0.2, 0.25) is 0 Å². The molecule has 4 nitrogen and oxygen atoms in total. The molecule has 0 bridgehead atoms. The SMILES string of the molecule is CC(=C/c1ccccc1)/C=C1\SC(=S)N(CC(=O)[O-])C1=O. The predicted octanol–water partition coefficient (Wildman–Crippen LogP) is 1.58. The molecule has 2 rings (SSSR count). The maximum atomic E-state index is 12.1. The third-order valence-corrected chi connectivity index (χ3v) is 4.09. The summed E-state index contributed by atoms with van der Waals surface area (Å²) in [5.74, 6) is -1.72. The number of hydrogen-bond acceptors (Lipinski definition) is 5. The number of nitrogens with zero attached hydrogens (tertiary/aromatic N) is 1. The van der Waals surface area contributed by atoms with E-state index < -0.39 is 18.4 Å². The molecule has 0 radical (unpaired) electrons. The fourth-order valence-corrected chi connectivity index (χ4v) is 3.13. The van der Waals surface area contributed by atoms with Gasteiger partial charge in [0.15, 0.2) is 0 Å². The van der Waals surface area contributed by atoms with Gasteiger partial charge in [-0.1, -0.05) is 60.4 Å². The first-order valence-corrected chi connectivity index (χ1v) is 7.38. The number of carbonyl (C=O) groups excluding carboxylic acids is 2. The molecule has 0 aliphatic carbocycles. The second-order valence-corrected chi connectivity index (χ2v) is 6.11. The van der Waals surface area contributed by atoms with Gasteiger partial charge in [-0.05, 0) is 24.1 Å². The van der Waals surface area contributed by atoms with Crippen molar-refractivity contribution in [1.82, 2.24) is 4.90 Å². The topological polar surface area (TPSA) is 60.4 Å². The number of amides is 1. The summed E-state index contributed by atoms with van der Waals surface area (Å²) < 4.78 is 0.239. The molecule has 0 spiro atoms. The van der Waals surface area contributed by atoms with Crippen LogP contribution < -0.4 is 5.11 Å². The summed E-state index contributed by atoms with van der Waals surface area (Å²) in [5, 5.41) is 10.6. The largest absolute Gasteiger partial charge is 0.548 e. The standard InChI is InChI=1S/C15H13NO3S2/c1-10(7-11-5-3-2-4-6-11)8-12-14(19)16(9-13(17)18)15(20)21-12/h2-8H,9H2,1H3,(H,17,18)/p-1/b10-7-,12-8-. The van der Waals surface area contributed by atoms with E-state index in [4.69, 9.17) is 12.2 Å². The molecule has 1 aromatic rings. The Morgan fingerprint density at radius 1 is 1.38 bits per heavy atom. The van der Waals surface area contributed by atoms with E-state index in [9.17, 15) is 14.7 Å². The van der Waals surface area contributed by atoms with Gasteiger partial charge in [-0.3, -0.25) is 9.69 Å². The zero-order chi connectivity index (χ0) is 15.4. The van der Waals surface area contributed by atoms with E-state index in [2.05, 4.69) is 0 Å². The lowest BCUT2D eigenvalue weighted by Crippen LogP contribution is -2.40. The normalized spacial score (nSPS) is 17.7. The quantitative estimate of drug-likeness (QED) is 0.623. The Bertz CT molecular complexity index is 650. The Hall–Kier alpha value is -1.92. The van der Waals surface area contributed by atoms with Crippen LogP contribution in [0.5, 0.6) is 0 Å². The maximum absolute atomic E-state index is 12.1. The van der Waals surface area contributed by atoms with Crippen LogP contribution >= 0.6 is 24.0 Å². The summed E-state index contributed by atoms with van der Waals surface area (Å²) in [7, 11) is 0. The Kier molecular flexibility index (Phi) is 4.93. The van der Waals surface area contributed by atoms with Crippen molar-refractivity contribution in [2.45, 2.75) is 6.92 Å². The lowest BCUT2D eigenvalue weighted by atomic mass is 10.1. The number of carbonyl (C=O) groups is 2. The van der Waals surface area contributed by atoms with Gasteiger partial charge in [0.1, 0.15) is 4.32 Å². The summed E-state index contributed by atoms with van der Waals surface area (Å²) >= 11 is 6.11. The van der Waals surface area contributed by atoms with Crippen molar-refractivity contribution in [2.24, 2.45) is 0 Å². The van der Waals surface area contributed by atoms with Crippen LogP contribution in [0.4, 0.5) is 0 Å². The van der Waals surface area contributed by atoms with Gasteiger partial charge in [-0.2, -0.15) is 0 Å². The van der Waals surface area contributed by atoms with E-state index in [1.807, 2.05) is 43.3 Å². The zero-order valence-corrected chi connectivity index (χ0v) is 12.9. The minimum Gasteiger partial charge on any atom is -0.548 e. The number of aliphatic carboxylic acids is 1. The van der Waals surface area contributed by atoms with Crippen molar-refractivity contribution in [3.63, 3.8) is 0 Å². The molecule has 1 aliphatic rings. The van der Waals surface area contributed by atoms with Crippen molar-refractivity contribution in [3.05, 3.63) is 52.4 Å². The summed E-state index contributed by atoms with van der Waals surface area (Å²) in [6, 6.07) is 9.70. The third kappa shape index (κ3) is 4.03. The predicted molar refractivity (Wildman–Crippen MR) is 85.1 cm³/mol. The Balaban J connectivity index is 2.18. The highest BCUT2D eigenvalue weighted by atomic mass is 32.2. The van der Waals surface area contributed by atoms with E-state index >= 15 is 0 Å². The fourth-order valence-electron chi connectivity index (χ4n) is 1.83. The van der Waals surface area contributed by atoms with Crippen molar-refractivity contribution in [2.75, 3.05) is 6.54 Å². The molecule has 0 saturated carbocycles. The summed E-state index contributed by atoms with van der Waals surface area (Å²) in [6.45, 7) is 1.36. The van der Waals surface area contributed by atoms with E-state index in [1.165, 1.54) is 0 Å². The van der Waals surface area contributed by atoms with Gasteiger partial charge in [0, 0.05) is 0 Å². The number of thioether (sulfide) groups is 1. The van der Waals surface area contributed by atoms with Gasteiger partial charge in [0.25, 0.3) is 5.91 Å². The highest BCUT2D eigenvalue weighted by molar-refractivity contribution is 8.26. The smallest absolute Gasteiger partial charge is 0.266 e. The highest BCUT2D eigenvalue weighted by Gasteiger charge is 2.31. The number of carboxylic acid groups (broad SMARTS) is 1. The number of rotatable bonds is 4. The third-order valence-electron chi connectivity index (χ3n) is 2.71. The van der Waals surface area contributed by atoms with Crippen molar-refractivity contribution < 1.29 is 14.7 Å². The van der Waals surface area contributed by atoms with E-state index in [0.29, 0.717) is 4.91 Å². The van der Waals surface area contributed by atoms with E-state index in [0.717, 1.165) is 27.8 Å². The van der Waals surface area contributed by atoms with E-state index in [-0.39, 0.29) is 4.32 Å². The van der Waals surface area contributed by atoms with Crippen molar-refractivity contribution >= 4 is 46.3 Å². The number of thiocarbonyl (C=S) groups is 1. The van der Waals surface area contributed by atoms with Crippen molar-refractivity contribution in [1.29, 1.82) is 0 Å². The second kappa shape index (κ2) is 6.69. The number of carboxylic acids is 1. The minimum absolute atomic E-state index is 0.239. The lowest BCUT2D eigenvalue weighted by Gasteiger charge is -2.14. The van der Waals surface area contributed by atoms with Crippen LogP contribution in [0, 0.1) is 0 Å². The molecule has 21 heavy (non-hydrogen) atoms. The molecular formula is C15H12NO3S2-. The summed E-state index contributed by atoms with van der Waals surface area (Å²) in [4.78, 5) is 24.1. The fraction of sp³-hybridized carbons (Fsp3) is 0.133. The highest BCUT2D eigenvalue weighted by Crippen LogP contribution is 2.31. The average Bonchev–Trinajstić information content (AvgIpc) is 2.67. The Morgan fingerprint density at radius 3 is 2.67 bits per heavy atom. The molecule has 0 aromatic heterocycles. The number of allylic oxidation sites excluding steroid dienone is 2. The summed E-state index contributed by atoms with van der Waals surface area (Å²) in [5.41, 5.74) is 1.91. The Morgan fingerprint density at radius 2 is 2.05 bits per heavy atom. The molecule has 6 heteroatoms. The first-order chi connectivity index (χ1) is 9.97. The molecule has 0 atom stereocenters. The average molecular weight is 318 g/mol. The molecule has 1 saturated heterocycles. The van der Waals surface area contributed by atoms with Crippen LogP contribution in [0.3, 0.4) is 0 Å². The van der Waals surface area contributed by atoms with Gasteiger partial charge in [0.2, 0.25) is 0 Å². The van der Waals surface area contributed by atoms with Gasteiger partial charge in [-0.15, -0.1) is 0 Å². The van der Waals surface area contributed by atoms with Gasteiger partial charge in [0.05, 0.1) is 17.4 Å². The molecule has 1 fully saturated rings. The zero-order valence-electron chi connectivity index (χ0n) is 11.2. The second-order valence-electron chi connectivity index (χ2n) is 4.44. The van der Waals surface area contributed by atoms with E-state index in [1.54, 1.807) is 6.08 Å². The van der Waals surface area contributed by atoms with Crippen LogP contribution in [-0.2, 0) is 9.59 Å². The van der Waals surface area contributed by atoms with Crippen LogP contribution in [0.25, 0.3) is 6.08 Å². The maximum Gasteiger partial charge on any atom is 0.266 e.